The molecule has 0 radical (unpaired) electrons. The predicted octanol–water partition coefficient (Wildman–Crippen LogP) is 16.5. The third kappa shape index (κ3) is 14.8. The Morgan fingerprint density at radius 1 is 0.339 bits per heavy atom. The number of benzene rings is 4. The maximum Gasteiger partial charge on any atom is 0.0316 e. The average molecular weight is 757 g/mol. The Labute approximate surface area is 344 Å². The number of anilines is 2. The minimum Gasteiger partial charge on any atom is -0.399 e. The van der Waals surface area contributed by atoms with E-state index in [2.05, 4.69) is 120 Å². The molecule has 0 amide bonds. The van der Waals surface area contributed by atoms with Crippen LogP contribution in [0.15, 0.2) is 84.9 Å². The first-order chi connectivity index (χ1) is 27.4. The zero-order chi connectivity index (χ0) is 40.0. The lowest BCUT2D eigenvalue weighted by Gasteiger charge is -2.24. The molecule has 56 heavy (non-hydrogen) atoms. The number of hydrogen-bond donors (Lipinski definition) is 2. The van der Waals surface area contributed by atoms with Crippen LogP contribution in [0.5, 0.6) is 0 Å². The van der Waals surface area contributed by atoms with E-state index in [4.69, 9.17) is 11.5 Å². The van der Waals surface area contributed by atoms with E-state index in [9.17, 15) is 0 Å². The fourth-order valence-corrected chi connectivity index (χ4v) is 9.19. The lowest BCUT2D eigenvalue weighted by molar-refractivity contribution is 0.557. The van der Waals surface area contributed by atoms with Gasteiger partial charge in [0, 0.05) is 29.1 Å². The molecule has 0 aliphatic carbocycles. The molecule has 2 heteroatoms. The predicted molar refractivity (Wildman–Crippen MR) is 248 cm³/mol. The Morgan fingerprint density at radius 2 is 0.607 bits per heavy atom. The number of rotatable bonds is 28. The van der Waals surface area contributed by atoms with E-state index >= 15 is 0 Å². The molecule has 4 N–H and O–H groups in total. The average Bonchev–Trinajstić information content (AvgIpc) is 3.20. The molecule has 0 saturated heterocycles. The topological polar surface area (TPSA) is 52.0 Å². The SMILES string of the molecule is CCCCCCCCCC(c1ccc(C(CCCCCCCC)c2ccc(N)cc2C)cc1)c1ccc(C(CCCCCCCC)c2ccc(N)cc2C)cc1. The molecule has 0 spiro atoms. The van der Waals surface area contributed by atoms with Crippen LogP contribution in [0.2, 0.25) is 0 Å². The molecule has 2 atom stereocenters. The molecular formula is C54H80N2. The van der Waals surface area contributed by atoms with Crippen molar-refractivity contribution in [2.24, 2.45) is 0 Å². The van der Waals surface area contributed by atoms with Gasteiger partial charge < -0.3 is 11.5 Å². The van der Waals surface area contributed by atoms with E-state index in [1.54, 1.807) is 0 Å². The zero-order valence-corrected chi connectivity index (χ0v) is 36.5. The second kappa shape index (κ2) is 25.7. The second-order valence-corrected chi connectivity index (χ2v) is 17.2. The van der Waals surface area contributed by atoms with Crippen molar-refractivity contribution in [3.63, 3.8) is 0 Å². The molecule has 2 unspecified atom stereocenters. The maximum absolute atomic E-state index is 6.23. The molecule has 4 aromatic carbocycles. The van der Waals surface area contributed by atoms with Gasteiger partial charge >= 0.3 is 0 Å². The third-order valence-electron chi connectivity index (χ3n) is 12.6. The van der Waals surface area contributed by atoms with Gasteiger partial charge in [0.2, 0.25) is 0 Å². The first kappa shape index (κ1) is 45.2. The van der Waals surface area contributed by atoms with Gasteiger partial charge in [-0.3, -0.25) is 0 Å². The highest BCUT2D eigenvalue weighted by molar-refractivity contribution is 5.50. The van der Waals surface area contributed by atoms with Gasteiger partial charge in [0.15, 0.2) is 0 Å². The molecule has 306 valence electrons. The summed E-state index contributed by atoms with van der Waals surface area (Å²) < 4.78 is 0. The van der Waals surface area contributed by atoms with E-state index in [0.29, 0.717) is 17.8 Å². The van der Waals surface area contributed by atoms with Gasteiger partial charge in [0.05, 0.1) is 0 Å². The minimum atomic E-state index is 0.400. The van der Waals surface area contributed by atoms with Crippen molar-refractivity contribution >= 4 is 11.4 Å². The molecule has 0 aromatic heterocycles. The van der Waals surface area contributed by atoms with E-state index in [0.717, 1.165) is 11.4 Å². The summed E-state index contributed by atoms with van der Waals surface area (Å²) in [5, 5.41) is 0. The lowest BCUT2D eigenvalue weighted by Crippen LogP contribution is -2.07. The summed E-state index contributed by atoms with van der Waals surface area (Å²) in [5.74, 6) is 1.20. The number of nitrogens with two attached hydrogens (primary N) is 2. The molecular weight excluding hydrogens is 677 g/mol. The summed E-state index contributed by atoms with van der Waals surface area (Å²) >= 11 is 0. The summed E-state index contributed by atoms with van der Waals surface area (Å²) in [4.78, 5) is 0. The van der Waals surface area contributed by atoms with Crippen LogP contribution in [0.1, 0.15) is 224 Å². The summed E-state index contributed by atoms with van der Waals surface area (Å²) in [6.07, 6.45) is 28.8. The van der Waals surface area contributed by atoms with Crippen molar-refractivity contribution in [1.29, 1.82) is 0 Å². The van der Waals surface area contributed by atoms with Gasteiger partial charge in [-0.25, -0.2) is 0 Å². The number of nitrogen functional groups attached to an aromatic ring is 2. The van der Waals surface area contributed by atoms with Crippen LogP contribution in [0.25, 0.3) is 0 Å². The Morgan fingerprint density at radius 3 is 0.911 bits per heavy atom. The van der Waals surface area contributed by atoms with E-state index < -0.39 is 0 Å². The minimum absolute atomic E-state index is 0.400. The summed E-state index contributed by atoms with van der Waals surface area (Å²) in [5.41, 5.74) is 25.5. The highest BCUT2D eigenvalue weighted by Crippen LogP contribution is 2.38. The number of hydrogen-bond acceptors (Lipinski definition) is 2. The van der Waals surface area contributed by atoms with Gasteiger partial charge in [-0.05, 0) is 102 Å². The highest BCUT2D eigenvalue weighted by atomic mass is 14.5. The quantitative estimate of drug-likeness (QED) is 0.0448. The molecule has 0 saturated carbocycles. The summed E-state index contributed by atoms with van der Waals surface area (Å²) in [6, 6.07) is 32.8. The third-order valence-corrected chi connectivity index (χ3v) is 12.6. The highest BCUT2D eigenvalue weighted by Gasteiger charge is 2.21. The van der Waals surface area contributed by atoms with E-state index in [1.807, 2.05) is 0 Å². The molecule has 4 aromatic rings. The summed E-state index contributed by atoms with van der Waals surface area (Å²) in [7, 11) is 0. The first-order valence-corrected chi connectivity index (χ1v) is 23.3. The monoisotopic (exact) mass is 757 g/mol. The Bertz CT molecular complexity index is 1520. The summed E-state index contributed by atoms with van der Waals surface area (Å²) in [6.45, 7) is 11.4. The number of aryl methyl sites for hydroxylation is 2. The number of unbranched alkanes of at least 4 members (excludes halogenated alkanes) is 16. The van der Waals surface area contributed by atoms with Crippen molar-refractivity contribution in [2.75, 3.05) is 11.5 Å². The standard InChI is InChI=1S/C54H80N2/c1-6-9-12-15-18-21-22-25-52(44-28-32-46(33-29-44)53(26-23-19-16-13-10-7-2)50-38-36-48(55)40-42(50)4)45-30-34-47(35-31-45)54(27-24-20-17-14-11-8-3)51-39-37-49(56)41-43(51)5/h28-41,52-54H,6-27,55-56H2,1-5H3. The van der Waals surface area contributed by atoms with Crippen molar-refractivity contribution in [3.05, 3.63) is 129 Å². The molecule has 2 nitrogen and oxygen atoms in total. The van der Waals surface area contributed by atoms with Crippen LogP contribution >= 0.6 is 0 Å². The van der Waals surface area contributed by atoms with Crippen molar-refractivity contribution in [2.45, 2.75) is 194 Å². The molecule has 4 rings (SSSR count). The van der Waals surface area contributed by atoms with Crippen LogP contribution in [-0.2, 0) is 0 Å². The Kier molecular flexibility index (Phi) is 20.7. The molecule has 0 aliphatic heterocycles. The molecule has 0 bridgehead atoms. The van der Waals surface area contributed by atoms with Crippen LogP contribution in [0.3, 0.4) is 0 Å². The van der Waals surface area contributed by atoms with Gasteiger partial charge in [0.1, 0.15) is 0 Å². The largest absolute Gasteiger partial charge is 0.399 e. The lowest BCUT2D eigenvalue weighted by atomic mass is 9.80. The van der Waals surface area contributed by atoms with Crippen LogP contribution in [0.4, 0.5) is 11.4 Å². The van der Waals surface area contributed by atoms with Crippen molar-refractivity contribution < 1.29 is 0 Å². The molecule has 0 aliphatic rings. The van der Waals surface area contributed by atoms with Gasteiger partial charge in [0.25, 0.3) is 0 Å². The van der Waals surface area contributed by atoms with Crippen LogP contribution < -0.4 is 11.5 Å². The van der Waals surface area contributed by atoms with E-state index in [-0.39, 0.29) is 0 Å². The molecule has 0 fully saturated rings. The maximum atomic E-state index is 6.23. The van der Waals surface area contributed by atoms with Crippen LogP contribution in [-0.4, -0.2) is 0 Å². The first-order valence-electron chi connectivity index (χ1n) is 23.3. The van der Waals surface area contributed by atoms with Crippen molar-refractivity contribution in [1.82, 2.24) is 0 Å². The van der Waals surface area contributed by atoms with Gasteiger partial charge in [-0.2, -0.15) is 0 Å². The van der Waals surface area contributed by atoms with Crippen LogP contribution in [0, 0.1) is 13.8 Å². The van der Waals surface area contributed by atoms with Gasteiger partial charge in [-0.1, -0.05) is 203 Å². The Balaban J connectivity index is 1.59. The van der Waals surface area contributed by atoms with Gasteiger partial charge in [-0.15, -0.1) is 0 Å². The normalized spacial score (nSPS) is 13.2. The Hall–Kier alpha value is -3.52. The fraction of sp³-hybridized carbons (Fsp3) is 0.556. The van der Waals surface area contributed by atoms with E-state index in [1.165, 1.54) is 186 Å². The smallest absolute Gasteiger partial charge is 0.0316 e. The zero-order valence-electron chi connectivity index (χ0n) is 36.5. The molecule has 0 heterocycles. The fourth-order valence-electron chi connectivity index (χ4n) is 9.19. The second-order valence-electron chi connectivity index (χ2n) is 17.2. The van der Waals surface area contributed by atoms with Crippen molar-refractivity contribution in [3.8, 4) is 0 Å².